The molecule has 1 atom stereocenters. The van der Waals surface area contributed by atoms with E-state index in [0.29, 0.717) is 40.0 Å². The minimum absolute atomic E-state index is 0.0835. The minimum Gasteiger partial charge on any atom is -0.484 e. The van der Waals surface area contributed by atoms with E-state index >= 15 is 0 Å². The van der Waals surface area contributed by atoms with Gasteiger partial charge < -0.3 is 14.7 Å². The molecule has 3 rings (SSSR count). The van der Waals surface area contributed by atoms with E-state index in [2.05, 4.69) is 0 Å². The predicted molar refractivity (Wildman–Crippen MR) is 90.3 cm³/mol. The van der Waals surface area contributed by atoms with Crippen LogP contribution in [0.4, 0.5) is 5.69 Å². The quantitative estimate of drug-likeness (QED) is 0.913. The first-order valence-electron chi connectivity index (χ1n) is 7.21. The molecule has 0 bridgehead atoms. The van der Waals surface area contributed by atoms with Crippen molar-refractivity contribution < 1.29 is 14.6 Å². The van der Waals surface area contributed by atoms with Gasteiger partial charge in [-0.2, -0.15) is 0 Å². The summed E-state index contributed by atoms with van der Waals surface area (Å²) in [6, 6.07) is 12.0. The van der Waals surface area contributed by atoms with Crippen molar-refractivity contribution >= 4 is 34.8 Å². The molecular weight excluding hydrogens is 337 g/mol. The van der Waals surface area contributed by atoms with Crippen LogP contribution in [-0.4, -0.2) is 24.2 Å². The number of nitrogens with zero attached hydrogens (tertiary/aromatic N) is 1. The first-order chi connectivity index (χ1) is 11.0. The molecule has 0 saturated heterocycles. The number of carbonyl (C=O) groups is 1. The lowest BCUT2D eigenvalue weighted by molar-refractivity contribution is -0.120. The lowest BCUT2D eigenvalue weighted by Crippen LogP contribution is -2.39. The third-order valence-corrected chi connectivity index (χ3v) is 4.23. The number of amides is 1. The van der Waals surface area contributed by atoms with Crippen molar-refractivity contribution in [3.05, 3.63) is 58.1 Å². The Morgan fingerprint density at radius 1 is 1.17 bits per heavy atom. The Labute approximate surface area is 144 Å². The number of aliphatic hydroxyl groups is 1. The molecule has 1 amide bonds. The molecular formula is C17H15Cl2NO3. The molecule has 0 saturated carbocycles. The Morgan fingerprint density at radius 3 is 2.61 bits per heavy atom. The Kier molecular flexibility index (Phi) is 4.76. The fraction of sp³-hybridized carbons (Fsp3) is 0.235. The molecule has 0 aliphatic carbocycles. The van der Waals surface area contributed by atoms with Gasteiger partial charge in [0.15, 0.2) is 6.61 Å². The molecule has 0 spiro atoms. The summed E-state index contributed by atoms with van der Waals surface area (Å²) in [5, 5.41) is 11.2. The van der Waals surface area contributed by atoms with Crippen molar-refractivity contribution in [2.45, 2.75) is 12.5 Å². The van der Waals surface area contributed by atoms with E-state index in [1.165, 1.54) is 0 Å². The van der Waals surface area contributed by atoms with Gasteiger partial charge in [-0.05, 0) is 48.9 Å². The zero-order valence-corrected chi connectivity index (χ0v) is 13.7. The van der Waals surface area contributed by atoms with Gasteiger partial charge in [0.05, 0.1) is 6.10 Å². The second-order valence-electron chi connectivity index (χ2n) is 5.30. The van der Waals surface area contributed by atoms with Gasteiger partial charge in [0.2, 0.25) is 0 Å². The Bertz CT molecular complexity index is 718. The topological polar surface area (TPSA) is 49.8 Å². The molecule has 23 heavy (non-hydrogen) atoms. The second-order valence-corrected chi connectivity index (χ2v) is 6.17. The van der Waals surface area contributed by atoms with Gasteiger partial charge >= 0.3 is 0 Å². The zero-order valence-electron chi connectivity index (χ0n) is 12.2. The first-order valence-corrected chi connectivity index (χ1v) is 7.96. The van der Waals surface area contributed by atoms with Crippen LogP contribution < -0.4 is 9.64 Å². The van der Waals surface area contributed by atoms with Crippen molar-refractivity contribution in [2.24, 2.45) is 0 Å². The lowest BCUT2D eigenvalue weighted by Gasteiger charge is -2.32. The van der Waals surface area contributed by atoms with Gasteiger partial charge in [-0.1, -0.05) is 23.2 Å². The highest BCUT2D eigenvalue weighted by Gasteiger charge is 2.27. The molecule has 1 aliphatic heterocycles. The van der Waals surface area contributed by atoms with Crippen LogP contribution in [-0.2, 0) is 4.79 Å². The van der Waals surface area contributed by atoms with E-state index in [9.17, 15) is 9.90 Å². The van der Waals surface area contributed by atoms with Gasteiger partial charge in [-0.3, -0.25) is 4.79 Å². The monoisotopic (exact) mass is 351 g/mol. The molecule has 1 heterocycles. The summed E-state index contributed by atoms with van der Waals surface area (Å²) in [4.78, 5) is 14.1. The molecule has 2 aromatic carbocycles. The summed E-state index contributed by atoms with van der Waals surface area (Å²) >= 11 is 11.8. The number of anilines is 1. The Balaban J connectivity index is 1.73. The molecule has 1 aliphatic rings. The molecule has 120 valence electrons. The van der Waals surface area contributed by atoms with E-state index in [1.807, 2.05) is 0 Å². The number of fused-ring (bicyclic) bond motifs is 1. The lowest BCUT2D eigenvalue weighted by atomic mass is 9.99. The summed E-state index contributed by atoms with van der Waals surface area (Å²) in [6.07, 6.45) is -0.134. The molecule has 0 radical (unpaired) electrons. The van der Waals surface area contributed by atoms with Crippen molar-refractivity contribution in [1.29, 1.82) is 0 Å². The normalized spacial score (nSPS) is 16.8. The SMILES string of the molecule is O=C(COc1ccc(Cl)cc1)N1CCC(O)c2cc(Cl)ccc21. The molecule has 0 fully saturated rings. The number of rotatable bonds is 3. The average molecular weight is 352 g/mol. The van der Waals surface area contributed by atoms with Crippen molar-refractivity contribution in [2.75, 3.05) is 18.1 Å². The third-order valence-electron chi connectivity index (χ3n) is 3.74. The van der Waals surface area contributed by atoms with Crippen LogP contribution >= 0.6 is 23.2 Å². The van der Waals surface area contributed by atoms with E-state index in [0.717, 1.165) is 0 Å². The molecule has 4 nitrogen and oxygen atoms in total. The molecule has 1 unspecified atom stereocenters. The van der Waals surface area contributed by atoms with E-state index < -0.39 is 6.10 Å². The summed E-state index contributed by atoms with van der Waals surface area (Å²) in [5.74, 6) is 0.409. The van der Waals surface area contributed by atoms with E-state index in [-0.39, 0.29) is 12.5 Å². The first kappa shape index (κ1) is 16.1. The fourth-order valence-corrected chi connectivity index (χ4v) is 2.88. The van der Waals surface area contributed by atoms with E-state index in [1.54, 1.807) is 47.4 Å². The Morgan fingerprint density at radius 2 is 1.87 bits per heavy atom. The highest BCUT2D eigenvalue weighted by Crippen LogP contribution is 2.35. The average Bonchev–Trinajstić information content (AvgIpc) is 2.55. The largest absolute Gasteiger partial charge is 0.484 e. The number of hydrogen-bond acceptors (Lipinski definition) is 3. The van der Waals surface area contributed by atoms with Crippen LogP contribution in [0.2, 0.25) is 10.0 Å². The predicted octanol–water partition coefficient (Wildman–Crippen LogP) is 3.84. The maximum absolute atomic E-state index is 12.5. The van der Waals surface area contributed by atoms with Crippen LogP contribution in [0.25, 0.3) is 0 Å². The number of ether oxygens (including phenoxy) is 1. The highest BCUT2D eigenvalue weighted by atomic mass is 35.5. The highest BCUT2D eigenvalue weighted by molar-refractivity contribution is 6.31. The zero-order chi connectivity index (χ0) is 16.4. The number of halogens is 2. The molecule has 0 aromatic heterocycles. The van der Waals surface area contributed by atoms with Crippen molar-refractivity contribution in [3.63, 3.8) is 0 Å². The summed E-state index contributed by atoms with van der Waals surface area (Å²) < 4.78 is 5.50. The van der Waals surface area contributed by atoms with Gasteiger partial charge in [-0.25, -0.2) is 0 Å². The molecule has 1 N–H and O–H groups in total. The summed E-state index contributed by atoms with van der Waals surface area (Å²) in [6.45, 7) is 0.360. The number of carbonyl (C=O) groups excluding carboxylic acids is 1. The smallest absolute Gasteiger partial charge is 0.264 e. The van der Waals surface area contributed by atoms with Gasteiger partial charge in [0.25, 0.3) is 5.91 Å². The van der Waals surface area contributed by atoms with Gasteiger partial charge in [0, 0.05) is 27.8 Å². The number of aliphatic hydroxyl groups excluding tert-OH is 1. The standard InChI is InChI=1S/C17H15Cl2NO3/c18-11-1-4-13(5-2-11)23-10-17(22)20-8-7-16(21)14-9-12(19)3-6-15(14)20/h1-6,9,16,21H,7-8,10H2. The summed E-state index contributed by atoms with van der Waals surface area (Å²) in [7, 11) is 0. The van der Waals surface area contributed by atoms with Crippen LogP contribution in [0.5, 0.6) is 5.75 Å². The third kappa shape index (κ3) is 3.61. The summed E-state index contributed by atoms with van der Waals surface area (Å²) in [5.41, 5.74) is 1.35. The van der Waals surface area contributed by atoms with Crippen molar-refractivity contribution in [3.8, 4) is 5.75 Å². The van der Waals surface area contributed by atoms with Gasteiger partial charge in [-0.15, -0.1) is 0 Å². The van der Waals surface area contributed by atoms with Gasteiger partial charge in [0.1, 0.15) is 5.75 Å². The second kappa shape index (κ2) is 6.79. The Hall–Kier alpha value is -1.75. The fourth-order valence-electron chi connectivity index (χ4n) is 2.58. The molecule has 6 heteroatoms. The maximum atomic E-state index is 12.5. The van der Waals surface area contributed by atoms with Crippen LogP contribution in [0.15, 0.2) is 42.5 Å². The number of benzene rings is 2. The minimum atomic E-state index is -0.607. The maximum Gasteiger partial charge on any atom is 0.264 e. The molecule has 2 aromatic rings. The van der Waals surface area contributed by atoms with Crippen LogP contribution in [0.1, 0.15) is 18.1 Å². The van der Waals surface area contributed by atoms with Crippen LogP contribution in [0, 0.1) is 0 Å². The van der Waals surface area contributed by atoms with Crippen LogP contribution in [0.3, 0.4) is 0 Å². The number of hydrogen-bond donors (Lipinski definition) is 1. The van der Waals surface area contributed by atoms with E-state index in [4.69, 9.17) is 27.9 Å². The van der Waals surface area contributed by atoms with Crippen molar-refractivity contribution in [1.82, 2.24) is 0 Å².